The molecule has 2 nitrogen and oxygen atoms in total. The van der Waals surface area contributed by atoms with Gasteiger partial charge in [0.25, 0.3) is 0 Å². The van der Waals surface area contributed by atoms with Crippen LogP contribution in [0, 0.1) is 11.3 Å². The molecular formula is C14H17NO. The molecular weight excluding hydrogens is 198 g/mol. The third kappa shape index (κ3) is 2.70. The minimum absolute atomic E-state index is 0.0941. The summed E-state index contributed by atoms with van der Waals surface area (Å²) in [5.41, 5.74) is 2.08. The highest BCUT2D eigenvalue weighted by Gasteiger charge is 2.17. The first kappa shape index (κ1) is 12.4. The summed E-state index contributed by atoms with van der Waals surface area (Å²) in [5.74, 6) is -0.736. The maximum Gasteiger partial charge on any atom is 0.151 e. The van der Waals surface area contributed by atoms with Crippen LogP contribution in [0.3, 0.4) is 0 Å². The molecule has 1 aromatic carbocycles. The van der Waals surface area contributed by atoms with Crippen LogP contribution in [0.1, 0.15) is 44.7 Å². The van der Waals surface area contributed by atoms with Crippen LogP contribution in [0.2, 0.25) is 0 Å². The predicted octanol–water partition coefficient (Wildman–Crippen LogP) is 3.18. The summed E-state index contributed by atoms with van der Waals surface area (Å²) in [4.78, 5) is 11.2. The van der Waals surface area contributed by atoms with Gasteiger partial charge in [-0.1, -0.05) is 45.0 Å². The normalized spacial score (nSPS) is 12.9. The molecule has 2 heteroatoms. The van der Waals surface area contributed by atoms with Crippen LogP contribution in [0.15, 0.2) is 24.3 Å². The van der Waals surface area contributed by atoms with Crippen molar-refractivity contribution in [1.29, 1.82) is 5.26 Å². The summed E-state index contributed by atoms with van der Waals surface area (Å²) in [6.07, 6.45) is 0. The highest BCUT2D eigenvalue weighted by molar-refractivity contribution is 5.86. The van der Waals surface area contributed by atoms with Crippen LogP contribution in [-0.4, -0.2) is 5.78 Å². The van der Waals surface area contributed by atoms with E-state index < -0.39 is 5.92 Å². The number of carbonyl (C=O) groups is 1. The third-order valence-corrected chi connectivity index (χ3v) is 2.65. The average molecular weight is 215 g/mol. The number of ketones is 1. The molecule has 0 aliphatic carbocycles. The van der Waals surface area contributed by atoms with E-state index in [4.69, 9.17) is 5.26 Å². The summed E-state index contributed by atoms with van der Waals surface area (Å²) in [7, 11) is 0. The number of benzene rings is 1. The van der Waals surface area contributed by atoms with Crippen molar-refractivity contribution in [1.82, 2.24) is 0 Å². The number of nitrogens with zero attached hydrogens (tertiary/aromatic N) is 1. The van der Waals surface area contributed by atoms with Crippen molar-refractivity contribution in [2.75, 3.05) is 0 Å². The number of Topliss-reactive ketones (excluding diaryl/α,β-unsaturated/α-hetero) is 1. The maximum atomic E-state index is 11.2. The van der Waals surface area contributed by atoms with E-state index >= 15 is 0 Å². The van der Waals surface area contributed by atoms with Crippen LogP contribution in [0.25, 0.3) is 0 Å². The highest BCUT2D eigenvalue weighted by Crippen LogP contribution is 2.24. The Bertz CT molecular complexity index is 418. The molecule has 0 aliphatic rings. The molecule has 84 valence electrons. The minimum Gasteiger partial charge on any atom is -0.298 e. The minimum atomic E-state index is -0.631. The van der Waals surface area contributed by atoms with Gasteiger partial charge in [-0.05, 0) is 23.5 Å². The topological polar surface area (TPSA) is 40.9 Å². The van der Waals surface area contributed by atoms with E-state index in [-0.39, 0.29) is 11.2 Å². The summed E-state index contributed by atoms with van der Waals surface area (Å²) < 4.78 is 0. The second-order valence-electron chi connectivity index (χ2n) is 5.04. The molecule has 16 heavy (non-hydrogen) atoms. The number of hydrogen-bond acceptors (Lipinski definition) is 2. The molecule has 0 bridgehead atoms. The van der Waals surface area contributed by atoms with Crippen molar-refractivity contribution >= 4 is 5.78 Å². The van der Waals surface area contributed by atoms with E-state index in [9.17, 15) is 4.79 Å². The summed E-state index contributed by atoms with van der Waals surface area (Å²) >= 11 is 0. The lowest BCUT2D eigenvalue weighted by Gasteiger charge is -2.19. The quantitative estimate of drug-likeness (QED) is 0.760. The average Bonchev–Trinajstić information content (AvgIpc) is 2.17. The van der Waals surface area contributed by atoms with Crippen LogP contribution in [0.4, 0.5) is 0 Å². The van der Waals surface area contributed by atoms with Gasteiger partial charge in [-0.15, -0.1) is 0 Å². The second kappa shape index (κ2) is 4.49. The molecule has 0 amide bonds. The number of hydrogen-bond donors (Lipinski definition) is 0. The largest absolute Gasteiger partial charge is 0.298 e. The van der Waals surface area contributed by atoms with Crippen molar-refractivity contribution in [2.45, 2.75) is 39.0 Å². The van der Waals surface area contributed by atoms with Gasteiger partial charge in [-0.3, -0.25) is 4.79 Å². The Morgan fingerprint density at radius 1 is 1.25 bits per heavy atom. The Hall–Kier alpha value is -1.62. The molecule has 0 saturated carbocycles. The van der Waals surface area contributed by atoms with Crippen molar-refractivity contribution in [2.24, 2.45) is 0 Å². The lowest BCUT2D eigenvalue weighted by Crippen LogP contribution is -2.12. The molecule has 1 aromatic rings. The van der Waals surface area contributed by atoms with E-state index in [1.165, 1.54) is 12.5 Å². The number of carbonyl (C=O) groups excluding carboxylic acids is 1. The molecule has 1 unspecified atom stereocenters. The van der Waals surface area contributed by atoms with Gasteiger partial charge in [0.2, 0.25) is 0 Å². The second-order valence-corrected chi connectivity index (χ2v) is 5.04. The van der Waals surface area contributed by atoms with Gasteiger partial charge in [0.1, 0.15) is 5.92 Å². The Morgan fingerprint density at radius 2 is 1.75 bits per heavy atom. The fourth-order valence-corrected chi connectivity index (χ4v) is 1.58. The van der Waals surface area contributed by atoms with Gasteiger partial charge in [0, 0.05) is 0 Å². The molecule has 0 heterocycles. The predicted molar refractivity (Wildman–Crippen MR) is 64.2 cm³/mol. The zero-order chi connectivity index (χ0) is 12.3. The van der Waals surface area contributed by atoms with Crippen LogP contribution < -0.4 is 0 Å². The molecule has 0 saturated heterocycles. The molecule has 0 aromatic heterocycles. The first-order valence-corrected chi connectivity index (χ1v) is 5.37. The lowest BCUT2D eigenvalue weighted by molar-refractivity contribution is -0.117. The Balaban J connectivity index is 3.04. The van der Waals surface area contributed by atoms with E-state index in [1.54, 1.807) is 0 Å². The Morgan fingerprint density at radius 3 is 2.06 bits per heavy atom. The monoisotopic (exact) mass is 215 g/mol. The zero-order valence-corrected chi connectivity index (χ0v) is 10.2. The van der Waals surface area contributed by atoms with Gasteiger partial charge in [0.05, 0.1) is 6.07 Å². The van der Waals surface area contributed by atoms with E-state index in [0.717, 1.165) is 5.56 Å². The molecule has 0 fully saturated rings. The molecule has 0 N–H and O–H groups in total. The molecule has 0 spiro atoms. The van der Waals surface area contributed by atoms with Gasteiger partial charge in [-0.2, -0.15) is 5.26 Å². The number of nitriles is 1. The van der Waals surface area contributed by atoms with E-state index in [1.807, 2.05) is 30.3 Å². The zero-order valence-electron chi connectivity index (χ0n) is 10.2. The SMILES string of the molecule is CC(=O)C(C#N)c1ccc(C(C)(C)C)cc1. The van der Waals surface area contributed by atoms with Crippen LogP contribution in [-0.2, 0) is 10.2 Å². The molecule has 0 aliphatic heterocycles. The Labute approximate surface area is 96.9 Å². The fourth-order valence-electron chi connectivity index (χ4n) is 1.58. The standard InChI is InChI=1S/C14H17NO/c1-10(16)13(9-15)11-5-7-12(8-6-11)14(2,3)4/h5-8,13H,1-4H3. The van der Waals surface area contributed by atoms with Crippen LogP contribution in [0.5, 0.6) is 0 Å². The molecule has 1 rings (SSSR count). The summed E-state index contributed by atoms with van der Waals surface area (Å²) in [6.45, 7) is 7.85. The van der Waals surface area contributed by atoms with Gasteiger partial charge in [-0.25, -0.2) is 0 Å². The maximum absolute atomic E-state index is 11.2. The Kier molecular flexibility index (Phi) is 3.49. The molecule has 1 atom stereocenters. The smallest absolute Gasteiger partial charge is 0.151 e. The van der Waals surface area contributed by atoms with Gasteiger partial charge >= 0.3 is 0 Å². The third-order valence-electron chi connectivity index (χ3n) is 2.65. The van der Waals surface area contributed by atoms with Crippen molar-refractivity contribution in [3.63, 3.8) is 0 Å². The van der Waals surface area contributed by atoms with Crippen molar-refractivity contribution in [3.8, 4) is 6.07 Å². The molecule has 0 radical (unpaired) electrons. The number of rotatable bonds is 2. The first-order chi connectivity index (χ1) is 7.36. The van der Waals surface area contributed by atoms with Gasteiger partial charge in [0.15, 0.2) is 5.78 Å². The lowest BCUT2D eigenvalue weighted by atomic mass is 9.85. The first-order valence-electron chi connectivity index (χ1n) is 5.37. The van der Waals surface area contributed by atoms with E-state index in [2.05, 4.69) is 20.8 Å². The summed E-state index contributed by atoms with van der Waals surface area (Å²) in [6, 6.07) is 9.75. The van der Waals surface area contributed by atoms with Crippen molar-refractivity contribution in [3.05, 3.63) is 35.4 Å². The van der Waals surface area contributed by atoms with Crippen LogP contribution >= 0.6 is 0 Å². The summed E-state index contributed by atoms with van der Waals surface area (Å²) in [5, 5.41) is 8.91. The van der Waals surface area contributed by atoms with Crippen molar-refractivity contribution < 1.29 is 4.79 Å². The van der Waals surface area contributed by atoms with Gasteiger partial charge < -0.3 is 0 Å². The fraction of sp³-hybridized carbons (Fsp3) is 0.429. The van der Waals surface area contributed by atoms with E-state index in [0.29, 0.717) is 0 Å². The highest BCUT2D eigenvalue weighted by atomic mass is 16.1.